The van der Waals surface area contributed by atoms with Crippen LogP contribution in [0.5, 0.6) is 0 Å². The summed E-state index contributed by atoms with van der Waals surface area (Å²) in [7, 11) is 0. The second-order valence-electron chi connectivity index (χ2n) is 7.11. The van der Waals surface area contributed by atoms with Gasteiger partial charge in [-0.25, -0.2) is 9.37 Å². The zero-order valence-corrected chi connectivity index (χ0v) is 16.1. The van der Waals surface area contributed by atoms with Crippen LogP contribution in [-0.2, 0) is 6.54 Å². The maximum atomic E-state index is 12.9. The van der Waals surface area contributed by atoms with Crippen LogP contribution in [0.3, 0.4) is 0 Å². The summed E-state index contributed by atoms with van der Waals surface area (Å²) in [5.41, 5.74) is 3.39. The Morgan fingerprint density at radius 2 is 1.69 bits per heavy atom. The molecule has 0 atom stereocenters. The first-order chi connectivity index (χ1) is 14.2. The Kier molecular flexibility index (Phi) is 5.70. The Hall–Kier alpha value is -3.41. The summed E-state index contributed by atoms with van der Waals surface area (Å²) < 4.78 is 12.9. The molecule has 1 aliphatic rings. The molecule has 0 radical (unpaired) electrons. The van der Waals surface area contributed by atoms with Gasteiger partial charge in [0, 0.05) is 37.2 Å². The van der Waals surface area contributed by atoms with Gasteiger partial charge in [0.05, 0.1) is 5.56 Å². The van der Waals surface area contributed by atoms with Crippen LogP contribution >= 0.6 is 0 Å². The van der Waals surface area contributed by atoms with E-state index < -0.39 is 0 Å². The molecule has 0 bridgehead atoms. The minimum atomic E-state index is -0.257. The number of carbonyl (C=O) groups is 1. The van der Waals surface area contributed by atoms with Crippen molar-refractivity contribution in [2.24, 2.45) is 0 Å². The van der Waals surface area contributed by atoms with Crippen LogP contribution in [0.4, 0.5) is 21.6 Å². The number of halogens is 1. The van der Waals surface area contributed by atoms with Gasteiger partial charge in [-0.3, -0.25) is 4.79 Å². The van der Waals surface area contributed by atoms with Crippen molar-refractivity contribution in [3.63, 3.8) is 0 Å². The van der Waals surface area contributed by atoms with Gasteiger partial charge in [-0.1, -0.05) is 12.1 Å². The monoisotopic (exact) mass is 390 g/mol. The summed E-state index contributed by atoms with van der Waals surface area (Å²) in [4.78, 5) is 19.1. The summed E-state index contributed by atoms with van der Waals surface area (Å²) in [6.45, 7) is 2.72. The summed E-state index contributed by atoms with van der Waals surface area (Å²) in [6.07, 6.45) is 4.02. The van der Waals surface area contributed by atoms with Crippen molar-refractivity contribution in [2.45, 2.75) is 19.4 Å². The fraction of sp³-hybridized carbons (Fsp3) is 0.217. The highest BCUT2D eigenvalue weighted by molar-refractivity contribution is 6.04. The lowest BCUT2D eigenvalue weighted by atomic mass is 10.2. The van der Waals surface area contributed by atoms with Crippen LogP contribution in [0.25, 0.3) is 0 Å². The molecule has 1 fully saturated rings. The molecule has 0 unspecified atom stereocenters. The first-order valence-corrected chi connectivity index (χ1v) is 9.78. The number of amides is 1. The third-order valence-corrected chi connectivity index (χ3v) is 5.01. The number of aromatic nitrogens is 1. The first-order valence-electron chi connectivity index (χ1n) is 9.78. The zero-order valence-electron chi connectivity index (χ0n) is 16.1. The number of carbonyl (C=O) groups excluding carboxylic acids is 1. The smallest absolute Gasteiger partial charge is 0.257 e. The number of hydrogen-bond donors (Lipinski definition) is 2. The third kappa shape index (κ3) is 4.90. The molecule has 2 N–H and O–H groups in total. The number of anilines is 3. The van der Waals surface area contributed by atoms with Gasteiger partial charge in [0.15, 0.2) is 0 Å². The molecule has 148 valence electrons. The van der Waals surface area contributed by atoms with Crippen LogP contribution < -0.4 is 15.5 Å². The lowest BCUT2D eigenvalue weighted by Crippen LogP contribution is -2.17. The van der Waals surface area contributed by atoms with E-state index in [1.165, 1.54) is 30.7 Å². The normalized spacial score (nSPS) is 13.3. The summed E-state index contributed by atoms with van der Waals surface area (Å²) in [5, 5.41) is 6.06. The number of hydrogen-bond acceptors (Lipinski definition) is 4. The standard InChI is InChI=1S/C23H23FN4O/c24-19-6-3-17(4-7-19)15-25-22-12-5-18(16-26-22)23(29)27-20-8-10-21(11-9-20)28-13-1-2-14-28/h3-12,16H,1-2,13-15H2,(H,25,26)(H,27,29). The third-order valence-electron chi connectivity index (χ3n) is 5.01. The van der Waals surface area contributed by atoms with E-state index in [1.807, 2.05) is 24.3 Å². The maximum absolute atomic E-state index is 12.9. The Morgan fingerprint density at radius 1 is 0.966 bits per heavy atom. The Balaban J connectivity index is 1.32. The molecule has 0 spiro atoms. The fourth-order valence-corrected chi connectivity index (χ4v) is 3.36. The molecule has 0 aliphatic carbocycles. The molecule has 1 saturated heterocycles. The molecule has 1 aromatic heterocycles. The molecule has 2 heterocycles. The highest BCUT2D eigenvalue weighted by Gasteiger charge is 2.12. The first kappa shape index (κ1) is 18.9. The van der Waals surface area contributed by atoms with Crippen molar-refractivity contribution in [2.75, 3.05) is 28.6 Å². The van der Waals surface area contributed by atoms with Gasteiger partial charge in [-0.05, 0) is 66.9 Å². The van der Waals surface area contributed by atoms with Gasteiger partial charge in [-0.2, -0.15) is 0 Å². The number of pyridine rings is 1. The van der Waals surface area contributed by atoms with Crippen molar-refractivity contribution < 1.29 is 9.18 Å². The quantitative estimate of drug-likeness (QED) is 0.641. The van der Waals surface area contributed by atoms with Gasteiger partial charge in [0.1, 0.15) is 11.6 Å². The summed E-state index contributed by atoms with van der Waals surface area (Å²) in [5.74, 6) is 0.199. The van der Waals surface area contributed by atoms with E-state index in [0.29, 0.717) is 17.9 Å². The van der Waals surface area contributed by atoms with E-state index in [0.717, 1.165) is 24.3 Å². The van der Waals surface area contributed by atoms with E-state index in [-0.39, 0.29) is 11.7 Å². The molecule has 4 rings (SSSR count). The SMILES string of the molecule is O=C(Nc1ccc(N2CCCC2)cc1)c1ccc(NCc2ccc(F)cc2)nc1. The van der Waals surface area contributed by atoms with E-state index in [9.17, 15) is 9.18 Å². The molecule has 1 amide bonds. The van der Waals surface area contributed by atoms with Crippen LogP contribution in [0.1, 0.15) is 28.8 Å². The molecule has 1 aliphatic heterocycles. The van der Waals surface area contributed by atoms with Crippen molar-refractivity contribution in [1.29, 1.82) is 0 Å². The Bertz CT molecular complexity index is 950. The fourth-order valence-electron chi connectivity index (χ4n) is 3.36. The molecule has 3 aromatic rings. The second kappa shape index (κ2) is 8.73. The molecule has 0 saturated carbocycles. The van der Waals surface area contributed by atoms with Crippen molar-refractivity contribution in [1.82, 2.24) is 4.98 Å². The Morgan fingerprint density at radius 3 is 2.34 bits per heavy atom. The number of benzene rings is 2. The van der Waals surface area contributed by atoms with Gasteiger partial charge < -0.3 is 15.5 Å². The average Bonchev–Trinajstić information content (AvgIpc) is 3.29. The van der Waals surface area contributed by atoms with Crippen LogP contribution in [-0.4, -0.2) is 24.0 Å². The van der Waals surface area contributed by atoms with Gasteiger partial charge >= 0.3 is 0 Å². The topological polar surface area (TPSA) is 57.3 Å². The minimum Gasteiger partial charge on any atom is -0.372 e. The molecular formula is C23H23FN4O. The highest BCUT2D eigenvalue weighted by Crippen LogP contribution is 2.22. The second-order valence-corrected chi connectivity index (χ2v) is 7.11. The molecule has 6 heteroatoms. The minimum absolute atomic E-state index is 0.198. The van der Waals surface area contributed by atoms with Crippen molar-refractivity contribution >= 4 is 23.1 Å². The van der Waals surface area contributed by atoms with Gasteiger partial charge in [0.25, 0.3) is 5.91 Å². The number of nitrogens with one attached hydrogen (secondary N) is 2. The Labute approximate surface area is 169 Å². The number of nitrogens with zero attached hydrogens (tertiary/aromatic N) is 2. The number of rotatable bonds is 6. The van der Waals surface area contributed by atoms with Gasteiger partial charge in [-0.15, -0.1) is 0 Å². The van der Waals surface area contributed by atoms with Crippen LogP contribution in [0.2, 0.25) is 0 Å². The maximum Gasteiger partial charge on any atom is 0.257 e. The van der Waals surface area contributed by atoms with E-state index >= 15 is 0 Å². The van der Waals surface area contributed by atoms with Crippen molar-refractivity contribution in [3.8, 4) is 0 Å². The highest BCUT2D eigenvalue weighted by atomic mass is 19.1. The predicted molar refractivity (Wildman–Crippen MR) is 114 cm³/mol. The molecule has 5 nitrogen and oxygen atoms in total. The average molecular weight is 390 g/mol. The predicted octanol–water partition coefficient (Wildman–Crippen LogP) is 4.69. The van der Waals surface area contributed by atoms with E-state index in [2.05, 4.69) is 20.5 Å². The lowest BCUT2D eigenvalue weighted by Gasteiger charge is -2.17. The van der Waals surface area contributed by atoms with E-state index in [1.54, 1.807) is 30.5 Å². The molecule has 29 heavy (non-hydrogen) atoms. The summed E-state index contributed by atoms with van der Waals surface area (Å²) in [6, 6.07) is 17.7. The molecular weight excluding hydrogens is 367 g/mol. The van der Waals surface area contributed by atoms with Crippen molar-refractivity contribution in [3.05, 3.63) is 83.8 Å². The molecule has 2 aromatic carbocycles. The van der Waals surface area contributed by atoms with Crippen LogP contribution in [0.15, 0.2) is 66.9 Å². The van der Waals surface area contributed by atoms with Gasteiger partial charge in [0.2, 0.25) is 0 Å². The zero-order chi connectivity index (χ0) is 20.1. The largest absolute Gasteiger partial charge is 0.372 e. The van der Waals surface area contributed by atoms with Crippen LogP contribution in [0, 0.1) is 5.82 Å². The summed E-state index contributed by atoms with van der Waals surface area (Å²) >= 11 is 0. The van der Waals surface area contributed by atoms with E-state index in [4.69, 9.17) is 0 Å². The lowest BCUT2D eigenvalue weighted by molar-refractivity contribution is 0.102.